The molecular weight excluding hydrogens is 126 g/mol. The molecule has 1 aromatic rings. The average Bonchev–Trinajstić information content (AvgIpc) is 2.05. The van der Waals surface area contributed by atoms with Gasteiger partial charge in [0, 0.05) is 6.20 Å². The predicted octanol–water partition coefficient (Wildman–Crippen LogP) is 1.30. The molecule has 1 rings (SSSR count). The van der Waals surface area contributed by atoms with E-state index >= 15 is 0 Å². The summed E-state index contributed by atoms with van der Waals surface area (Å²) in [5.41, 5.74) is 0.637. The van der Waals surface area contributed by atoms with E-state index in [4.69, 9.17) is 5.11 Å². The zero-order chi connectivity index (χ0) is 7.40. The molecule has 0 aliphatic carbocycles. The van der Waals surface area contributed by atoms with Gasteiger partial charge in [-0.15, -0.1) is 6.58 Å². The number of aliphatic hydroxyl groups is 1. The molecule has 0 fully saturated rings. The van der Waals surface area contributed by atoms with Gasteiger partial charge in [0.15, 0.2) is 0 Å². The minimum atomic E-state index is -0.638. The minimum absolute atomic E-state index is 0.637. The van der Waals surface area contributed by atoms with Crippen molar-refractivity contribution in [3.8, 4) is 0 Å². The van der Waals surface area contributed by atoms with Crippen LogP contribution in [0.2, 0.25) is 0 Å². The lowest BCUT2D eigenvalue weighted by Crippen LogP contribution is -1.94. The van der Waals surface area contributed by atoms with Gasteiger partial charge in [0.05, 0.1) is 5.69 Å². The first-order valence-electron chi connectivity index (χ1n) is 3.06. The van der Waals surface area contributed by atoms with Gasteiger partial charge in [0.2, 0.25) is 0 Å². The second kappa shape index (κ2) is 3.13. The van der Waals surface area contributed by atoms with Gasteiger partial charge in [0.25, 0.3) is 0 Å². The molecule has 2 nitrogen and oxygen atoms in total. The van der Waals surface area contributed by atoms with Crippen molar-refractivity contribution >= 4 is 0 Å². The molecule has 0 saturated heterocycles. The summed E-state index contributed by atoms with van der Waals surface area (Å²) in [5, 5.41) is 9.15. The van der Waals surface area contributed by atoms with Crippen molar-refractivity contribution in [2.45, 2.75) is 6.10 Å². The van der Waals surface area contributed by atoms with Crippen molar-refractivity contribution < 1.29 is 5.11 Å². The van der Waals surface area contributed by atoms with Gasteiger partial charge >= 0.3 is 0 Å². The summed E-state index contributed by atoms with van der Waals surface area (Å²) in [7, 11) is 0. The van der Waals surface area contributed by atoms with Crippen LogP contribution in [0.1, 0.15) is 11.8 Å². The molecule has 0 aromatic carbocycles. The molecular formula is C8H9NO. The molecule has 0 spiro atoms. The van der Waals surface area contributed by atoms with E-state index in [1.807, 2.05) is 6.07 Å². The maximum absolute atomic E-state index is 9.15. The van der Waals surface area contributed by atoms with Crippen molar-refractivity contribution in [3.05, 3.63) is 42.7 Å². The van der Waals surface area contributed by atoms with Crippen LogP contribution < -0.4 is 0 Å². The van der Waals surface area contributed by atoms with Gasteiger partial charge in [-0.2, -0.15) is 0 Å². The molecule has 2 heteroatoms. The highest BCUT2D eigenvalue weighted by Crippen LogP contribution is 2.07. The van der Waals surface area contributed by atoms with E-state index in [1.54, 1.807) is 18.3 Å². The molecule has 0 aliphatic rings. The Morgan fingerprint density at radius 1 is 1.60 bits per heavy atom. The summed E-state index contributed by atoms with van der Waals surface area (Å²) in [6.07, 6.45) is 2.45. The summed E-state index contributed by atoms with van der Waals surface area (Å²) in [6.45, 7) is 3.45. The lowest BCUT2D eigenvalue weighted by molar-refractivity contribution is 0.224. The third-order valence-corrected chi connectivity index (χ3v) is 1.21. The third-order valence-electron chi connectivity index (χ3n) is 1.21. The van der Waals surface area contributed by atoms with E-state index in [1.165, 1.54) is 6.08 Å². The quantitative estimate of drug-likeness (QED) is 0.620. The van der Waals surface area contributed by atoms with Gasteiger partial charge in [-0.1, -0.05) is 12.1 Å². The topological polar surface area (TPSA) is 33.1 Å². The lowest BCUT2D eigenvalue weighted by atomic mass is 10.2. The summed E-state index contributed by atoms with van der Waals surface area (Å²) in [6, 6.07) is 5.39. The molecule has 1 N–H and O–H groups in total. The molecule has 0 amide bonds. The van der Waals surface area contributed by atoms with Crippen molar-refractivity contribution in [1.82, 2.24) is 4.98 Å². The van der Waals surface area contributed by atoms with Crippen molar-refractivity contribution in [2.24, 2.45) is 0 Å². The van der Waals surface area contributed by atoms with E-state index in [-0.39, 0.29) is 0 Å². The second-order valence-corrected chi connectivity index (χ2v) is 1.94. The SMILES string of the molecule is C=C[C@@H](O)c1ccccn1. The first-order chi connectivity index (χ1) is 4.84. The maximum Gasteiger partial charge on any atom is 0.114 e. The van der Waals surface area contributed by atoms with Crippen LogP contribution in [0.25, 0.3) is 0 Å². The summed E-state index contributed by atoms with van der Waals surface area (Å²) >= 11 is 0. The Kier molecular flexibility index (Phi) is 2.18. The monoisotopic (exact) mass is 135 g/mol. The molecule has 0 radical (unpaired) electrons. The molecule has 0 bridgehead atoms. The fourth-order valence-corrected chi connectivity index (χ4v) is 0.672. The summed E-state index contributed by atoms with van der Waals surface area (Å²) in [4.78, 5) is 3.93. The number of aliphatic hydroxyl groups excluding tert-OH is 1. The average molecular weight is 135 g/mol. The van der Waals surface area contributed by atoms with Gasteiger partial charge < -0.3 is 5.11 Å². The largest absolute Gasteiger partial charge is 0.383 e. The Balaban J connectivity index is 2.84. The van der Waals surface area contributed by atoms with Crippen LogP contribution in [0.4, 0.5) is 0 Å². The first kappa shape index (κ1) is 6.96. The number of rotatable bonds is 2. The summed E-state index contributed by atoms with van der Waals surface area (Å²) in [5.74, 6) is 0. The fraction of sp³-hybridized carbons (Fsp3) is 0.125. The van der Waals surface area contributed by atoms with Gasteiger partial charge in [-0.05, 0) is 12.1 Å². The molecule has 52 valence electrons. The second-order valence-electron chi connectivity index (χ2n) is 1.94. The molecule has 1 atom stereocenters. The number of pyridine rings is 1. The third kappa shape index (κ3) is 1.42. The van der Waals surface area contributed by atoms with Crippen LogP contribution in [0, 0.1) is 0 Å². The fourth-order valence-electron chi connectivity index (χ4n) is 0.672. The van der Waals surface area contributed by atoms with Gasteiger partial charge in [-0.3, -0.25) is 4.98 Å². The molecule has 10 heavy (non-hydrogen) atoms. The van der Waals surface area contributed by atoms with E-state index in [9.17, 15) is 0 Å². The maximum atomic E-state index is 9.15. The Morgan fingerprint density at radius 3 is 2.90 bits per heavy atom. The zero-order valence-corrected chi connectivity index (χ0v) is 5.57. The highest BCUT2D eigenvalue weighted by atomic mass is 16.3. The van der Waals surface area contributed by atoms with Crippen molar-refractivity contribution in [2.75, 3.05) is 0 Å². The van der Waals surface area contributed by atoms with Gasteiger partial charge in [-0.25, -0.2) is 0 Å². The van der Waals surface area contributed by atoms with Crippen molar-refractivity contribution in [3.63, 3.8) is 0 Å². The molecule has 0 unspecified atom stereocenters. The molecule has 1 aromatic heterocycles. The van der Waals surface area contributed by atoms with Crippen LogP contribution >= 0.6 is 0 Å². The van der Waals surface area contributed by atoms with Crippen LogP contribution in [-0.4, -0.2) is 10.1 Å². The standard InChI is InChI=1S/C8H9NO/c1-2-8(10)7-5-3-4-6-9-7/h2-6,8,10H,1H2/t8-/m1/s1. The van der Waals surface area contributed by atoms with Crippen LogP contribution in [0.5, 0.6) is 0 Å². The number of hydrogen-bond acceptors (Lipinski definition) is 2. The molecule has 0 saturated carbocycles. The lowest BCUT2D eigenvalue weighted by Gasteiger charge is -2.01. The number of hydrogen-bond donors (Lipinski definition) is 1. The van der Waals surface area contributed by atoms with E-state index < -0.39 is 6.10 Å². The van der Waals surface area contributed by atoms with Crippen LogP contribution in [0.3, 0.4) is 0 Å². The highest BCUT2D eigenvalue weighted by Gasteiger charge is 2.00. The zero-order valence-electron chi connectivity index (χ0n) is 5.57. The van der Waals surface area contributed by atoms with E-state index in [0.717, 1.165) is 0 Å². The normalized spacial score (nSPS) is 12.5. The first-order valence-corrected chi connectivity index (χ1v) is 3.06. The Labute approximate surface area is 59.9 Å². The Morgan fingerprint density at radius 2 is 2.40 bits per heavy atom. The van der Waals surface area contributed by atoms with Gasteiger partial charge in [0.1, 0.15) is 6.10 Å². The molecule has 0 aliphatic heterocycles. The van der Waals surface area contributed by atoms with E-state index in [0.29, 0.717) is 5.69 Å². The summed E-state index contributed by atoms with van der Waals surface area (Å²) < 4.78 is 0. The van der Waals surface area contributed by atoms with Crippen LogP contribution in [0.15, 0.2) is 37.1 Å². The van der Waals surface area contributed by atoms with Crippen molar-refractivity contribution in [1.29, 1.82) is 0 Å². The Bertz CT molecular complexity index is 208. The predicted molar refractivity (Wildman–Crippen MR) is 39.4 cm³/mol. The highest BCUT2D eigenvalue weighted by molar-refractivity contribution is 5.10. The minimum Gasteiger partial charge on any atom is -0.383 e. The smallest absolute Gasteiger partial charge is 0.114 e. The number of nitrogens with zero attached hydrogens (tertiary/aromatic N) is 1. The Hall–Kier alpha value is -1.15. The number of aromatic nitrogens is 1. The van der Waals surface area contributed by atoms with Crippen LogP contribution in [-0.2, 0) is 0 Å². The van der Waals surface area contributed by atoms with E-state index in [2.05, 4.69) is 11.6 Å². The molecule has 1 heterocycles.